The van der Waals surface area contributed by atoms with Gasteiger partial charge in [-0.15, -0.1) is 0 Å². The molecule has 0 bridgehead atoms. The van der Waals surface area contributed by atoms with Crippen LogP contribution in [-0.4, -0.2) is 44.8 Å². The molecule has 2 rings (SSSR count). The second-order valence-electron chi connectivity index (χ2n) is 6.79. The van der Waals surface area contributed by atoms with Crippen LogP contribution in [0, 0.1) is 13.8 Å². The first-order valence-corrected chi connectivity index (χ1v) is 9.55. The van der Waals surface area contributed by atoms with Crippen LogP contribution in [0.4, 0.5) is 0 Å². The van der Waals surface area contributed by atoms with Crippen molar-refractivity contribution in [2.24, 2.45) is 0 Å². The summed E-state index contributed by atoms with van der Waals surface area (Å²) in [6.07, 6.45) is 2.43. The highest BCUT2D eigenvalue weighted by Gasteiger charge is 2.16. The van der Waals surface area contributed by atoms with Crippen LogP contribution in [0.3, 0.4) is 0 Å². The molecule has 0 radical (unpaired) electrons. The van der Waals surface area contributed by atoms with Gasteiger partial charge in [-0.1, -0.05) is 13.8 Å². The molecule has 1 amide bonds. The van der Waals surface area contributed by atoms with E-state index in [1.54, 1.807) is 0 Å². The lowest BCUT2D eigenvalue weighted by Gasteiger charge is -2.21. The predicted octanol–water partition coefficient (Wildman–Crippen LogP) is 3.77. The molecule has 0 aliphatic heterocycles. The summed E-state index contributed by atoms with van der Waals surface area (Å²) >= 11 is 0. The molecular weight excluding hydrogens is 342 g/mol. The first kappa shape index (κ1) is 20.7. The number of carboxylic acid groups (broad SMARTS) is 1. The third-order valence-electron chi connectivity index (χ3n) is 4.66. The molecule has 1 N–H and O–H groups in total. The number of aryl methyl sites for hydroxylation is 1. The molecule has 0 unspecified atom stereocenters. The van der Waals surface area contributed by atoms with E-state index in [0.29, 0.717) is 12.0 Å². The summed E-state index contributed by atoms with van der Waals surface area (Å²) < 4.78 is 1.82. The van der Waals surface area contributed by atoms with Crippen LogP contribution in [0.1, 0.15) is 60.4 Å². The lowest BCUT2D eigenvalue weighted by Crippen LogP contribution is -2.32. The average Bonchev–Trinajstić information content (AvgIpc) is 2.93. The van der Waals surface area contributed by atoms with Crippen LogP contribution < -0.4 is 0 Å². The number of carbonyl (C=O) groups excluding carboxylic acids is 1. The quantitative estimate of drug-likeness (QED) is 0.728. The third-order valence-corrected chi connectivity index (χ3v) is 4.66. The normalized spacial score (nSPS) is 10.8. The molecule has 6 heteroatoms. The Kier molecular flexibility index (Phi) is 7.16. The number of carboxylic acids is 1. The van der Waals surface area contributed by atoms with E-state index in [2.05, 4.69) is 18.9 Å². The van der Waals surface area contributed by atoms with Crippen LogP contribution in [0.5, 0.6) is 0 Å². The number of carbonyl (C=O) groups is 2. The molecule has 1 heterocycles. The standard InChI is InChI=1S/C21H29N3O3/c1-5-13-23(14-6-2)21(27)17-7-9-18(10-8-17)24-16(4)19(15(3)22-24)11-12-20(25)26/h7-10H,5-6,11-14H2,1-4H3,(H,25,26). The van der Waals surface area contributed by atoms with Gasteiger partial charge in [-0.3, -0.25) is 9.59 Å². The summed E-state index contributed by atoms with van der Waals surface area (Å²) in [4.78, 5) is 25.4. The lowest BCUT2D eigenvalue weighted by molar-refractivity contribution is -0.136. The number of amides is 1. The Morgan fingerprint density at radius 2 is 1.67 bits per heavy atom. The number of hydrogen-bond acceptors (Lipinski definition) is 3. The Morgan fingerprint density at radius 3 is 2.19 bits per heavy atom. The van der Waals surface area contributed by atoms with Crippen molar-refractivity contribution in [1.29, 1.82) is 0 Å². The highest BCUT2D eigenvalue weighted by Crippen LogP contribution is 2.20. The van der Waals surface area contributed by atoms with Crippen molar-refractivity contribution in [2.75, 3.05) is 13.1 Å². The van der Waals surface area contributed by atoms with Crippen molar-refractivity contribution in [2.45, 2.75) is 53.4 Å². The maximum Gasteiger partial charge on any atom is 0.303 e. The number of aliphatic carboxylic acids is 1. The van der Waals surface area contributed by atoms with E-state index in [9.17, 15) is 9.59 Å². The Morgan fingerprint density at radius 1 is 1.07 bits per heavy atom. The molecule has 27 heavy (non-hydrogen) atoms. The fraction of sp³-hybridized carbons (Fsp3) is 0.476. The minimum atomic E-state index is -0.812. The minimum absolute atomic E-state index is 0.0563. The zero-order valence-corrected chi connectivity index (χ0v) is 16.7. The smallest absolute Gasteiger partial charge is 0.303 e. The predicted molar refractivity (Wildman–Crippen MR) is 105 cm³/mol. The van der Waals surface area contributed by atoms with Gasteiger partial charge in [0.1, 0.15) is 0 Å². The van der Waals surface area contributed by atoms with Gasteiger partial charge in [0, 0.05) is 30.8 Å². The van der Waals surface area contributed by atoms with Gasteiger partial charge in [-0.05, 0) is 62.9 Å². The van der Waals surface area contributed by atoms with Crippen LogP contribution in [0.15, 0.2) is 24.3 Å². The average molecular weight is 371 g/mol. The maximum absolute atomic E-state index is 12.7. The Bertz CT molecular complexity index is 788. The number of aromatic nitrogens is 2. The molecular formula is C21H29N3O3. The molecule has 0 saturated carbocycles. The first-order chi connectivity index (χ1) is 12.9. The fourth-order valence-electron chi connectivity index (χ4n) is 3.30. The van der Waals surface area contributed by atoms with Gasteiger partial charge in [0.15, 0.2) is 0 Å². The molecule has 0 aliphatic carbocycles. The zero-order chi connectivity index (χ0) is 20.0. The van der Waals surface area contributed by atoms with Gasteiger partial charge >= 0.3 is 5.97 Å². The molecule has 1 aromatic heterocycles. The number of hydrogen-bond donors (Lipinski definition) is 1. The van der Waals surface area contributed by atoms with Gasteiger partial charge < -0.3 is 10.0 Å². The van der Waals surface area contributed by atoms with E-state index in [4.69, 9.17) is 5.11 Å². The van der Waals surface area contributed by atoms with E-state index >= 15 is 0 Å². The molecule has 1 aromatic carbocycles. The maximum atomic E-state index is 12.7. The highest BCUT2D eigenvalue weighted by atomic mass is 16.4. The summed E-state index contributed by atoms with van der Waals surface area (Å²) in [5, 5.41) is 13.5. The van der Waals surface area contributed by atoms with Gasteiger partial charge in [0.2, 0.25) is 0 Å². The van der Waals surface area contributed by atoms with Crippen LogP contribution >= 0.6 is 0 Å². The molecule has 0 aliphatic rings. The van der Waals surface area contributed by atoms with Crippen LogP contribution in [0.2, 0.25) is 0 Å². The summed E-state index contributed by atoms with van der Waals surface area (Å²) in [7, 11) is 0. The van der Waals surface area contributed by atoms with E-state index < -0.39 is 5.97 Å². The van der Waals surface area contributed by atoms with Crippen molar-refractivity contribution in [1.82, 2.24) is 14.7 Å². The summed E-state index contributed by atoms with van der Waals surface area (Å²) in [6, 6.07) is 7.46. The molecule has 0 fully saturated rings. The van der Waals surface area contributed by atoms with Crippen LogP contribution in [0.25, 0.3) is 5.69 Å². The van der Waals surface area contributed by atoms with Crippen LogP contribution in [-0.2, 0) is 11.2 Å². The Hall–Kier alpha value is -2.63. The van der Waals surface area contributed by atoms with Crippen molar-refractivity contribution in [3.05, 3.63) is 46.8 Å². The molecule has 2 aromatic rings. The number of rotatable bonds is 9. The van der Waals surface area contributed by atoms with Gasteiger partial charge in [0.05, 0.1) is 11.4 Å². The monoisotopic (exact) mass is 371 g/mol. The highest BCUT2D eigenvalue weighted by molar-refractivity contribution is 5.94. The largest absolute Gasteiger partial charge is 0.481 e. The zero-order valence-electron chi connectivity index (χ0n) is 16.7. The minimum Gasteiger partial charge on any atom is -0.481 e. The number of nitrogens with zero attached hydrogens (tertiary/aromatic N) is 3. The van der Waals surface area contributed by atoms with E-state index in [1.807, 2.05) is 47.7 Å². The van der Waals surface area contributed by atoms with Gasteiger partial charge in [-0.2, -0.15) is 5.10 Å². The second-order valence-corrected chi connectivity index (χ2v) is 6.79. The third kappa shape index (κ3) is 4.96. The lowest BCUT2D eigenvalue weighted by atomic mass is 10.1. The summed E-state index contributed by atoms with van der Waals surface area (Å²) in [6.45, 7) is 9.51. The SMILES string of the molecule is CCCN(CCC)C(=O)c1ccc(-n2nc(C)c(CCC(=O)O)c2C)cc1. The van der Waals surface area contributed by atoms with Crippen molar-refractivity contribution < 1.29 is 14.7 Å². The molecule has 0 atom stereocenters. The fourth-order valence-corrected chi connectivity index (χ4v) is 3.30. The number of benzene rings is 1. The van der Waals surface area contributed by atoms with Gasteiger partial charge in [-0.25, -0.2) is 4.68 Å². The summed E-state index contributed by atoms with van der Waals surface area (Å²) in [5.74, 6) is -0.756. The topological polar surface area (TPSA) is 75.4 Å². The van der Waals surface area contributed by atoms with E-state index in [-0.39, 0.29) is 12.3 Å². The van der Waals surface area contributed by atoms with Gasteiger partial charge in [0.25, 0.3) is 5.91 Å². The molecule has 146 valence electrons. The second kappa shape index (κ2) is 9.35. The first-order valence-electron chi connectivity index (χ1n) is 9.55. The Labute approximate surface area is 160 Å². The van der Waals surface area contributed by atoms with E-state index in [1.165, 1.54) is 0 Å². The van der Waals surface area contributed by atoms with Crippen molar-refractivity contribution in [3.63, 3.8) is 0 Å². The van der Waals surface area contributed by atoms with Crippen molar-refractivity contribution >= 4 is 11.9 Å². The van der Waals surface area contributed by atoms with E-state index in [0.717, 1.165) is 48.6 Å². The Balaban J connectivity index is 2.23. The van der Waals surface area contributed by atoms with Crippen molar-refractivity contribution in [3.8, 4) is 5.69 Å². The summed E-state index contributed by atoms with van der Waals surface area (Å²) in [5.41, 5.74) is 4.28. The molecule has 0 spiro atoms. The molecule has 6 nitrogen and oxygen atoms in total. The molecule has 0 saturated heterocycles.